The molecule has 0 N–H and O–H groups in total. The van der Waals surface area contributed by atoms with Crippen LogP contribution in [0.25, 0.3) is 0 Å². The number of rotatable bonds is 10. The lowest BCUT2D eigenvalue weighted by molar-refractivity contribution is -0.144. The minimum absolute atomic E-state index is 0.118. The molecule has 0 spiro atoms. The van der Waals surface area contributed by atoms with E-state index in [1.54, 1.807) is 62.4 Å². The van der Waals surface area contributed by atoms with E-state index in [4.69, 9.17) is 25.3 Å². The van der Waals surface area contributed by atoms with Crippen molar-refractivity contribution in [2.24, 2.45) is 10.9 Å². The molecular formula is C27H30ClNO7S. The van der Waals surface area contributed by atoms with Crippen LogP contribution in [-0.4, -0.2) is 46.0 Å². The fourth-order valence-corrected chi connectivity index (χ4v) is 5.31. The van der Waals surface area contributed by atoms with Gasteiger partial charge in [-0.3, -0.25) is 14.0 Å². The molecule has 0 bridgehead atoms. The highest BCUT2D eigenvalue weighted by molar-refractivity contribution is 7.86. The Hall–Kier alpha value is -3.01. The van der Waals surface area contributed by atoms with E-state index in [9.17, 15) is 18.0 Å². The highest BCUT2D eigenvalue weighted by Gasteiger charge is 2.43. The van der Waals surface area contributed by atoms with Gasteiger partial charge in [0.2, 0.25) is 0 Å². The maximum Gasteiger partial charge on any atom is 0.336 e. The topological polar surface area (TPSA) is 108 Å². The van der Waals surface area contributed by atoms with Crippen LogP contribution in [0.15, 0.2) is 70.9 Å². The molecule has 2 aromatic carbocycles. The highest BCUT2D eigenvalue weighted by atomic mass is 35.5. The molecule has 3 atom stereocenters. The average molecular weight is 548 g/mol. The van der Waals surface area contributed by atoms with Gasteiger partial charge >= 0.3 is 11.9 Å². The SMILES string of the molecule is CCOC(=O)C1=C(CCC(OS(C)(=O)=O)c2ccccc2)N=C(C)C(C(=O)OC)C1c1cccc(Cl)c1. The van der Waals surface area contributed by atoms with E-state index >= 15 is 0 Å². The predicted octanol–water partition coefficient (Wildman–Crippen LogP) is 5.00. The Balaban J connectivity index is 2.12. The van der Waals surface area contributed by atoms with E-state index in [1.807, 2.05) is 6.07 Å². The summed E-state index contributed by atoms with van der Waals surface area (Å²) in [5.74, 6) is -2.80. The van der Waals surface area contributed by atoms with Gasteiger partial charge in [0.25, 0.3) is 10.1 Å². The molecule has 3 rings (SSSR count). The fourth-order valence-electron chi connectivity index (χ4n) is 4.48. The van der Waals surface area contributed by atoms with E-state index < -0.39 is 40.0 Å². The van der Waals surface area contributed by atoms with E-state index in [0.717, 1.165) is 6.26 Å². The number of esters is 2. The zero-order valence-electron chi connectivity index (χ0n) is 21.1. The van der Waals surface area contributed by atoms with Gasteiger partial charge in [0, 0.05) is 16.7 Å². The zero-order valence-corrected chi connectivity index (χ0v) is 22.7. The van der Waals surface area contributed by atoms with Crippen LogP contribution in [0.5, 0.6) is 0 Å². The Bertz CT molecular complexity index is 1310. The molecule has 1 aliphatic heterocycles. The Labute approximate surface area is 222 Å². The van der Waals surface area contributed by atoms with Crippen molar-refractivity contribution in [3.63, 3.8) is 0 Å². The molecule has 1 heterocycles. The number of ether oxygens (including phenoxy) is 2. The van der Waals surface area contributed by atoms with Gasteiger partial charge in [0.15, 0.2) is 0 Å². The normalized spacial score (nSPS) is 18.7. The molecule has 0 fully saturated rings. The lowest BCUT2D eigenvalue weighted by Gasteiger charge is -2.32. The Kier molecular flexibility index (Phi) is 9.64. The first-order valence-electron chi connectivity index (χ1n) is 11.8. The van der Waals surface area contributed by atoms with Crippen LogP contribution in [0.3, 0.4) is 0 Å². The second-order valence-corrected chi connectivity index (χ2v) is 10.6. The van der Waals surface area contributed by atoms with Crippen molar-refractivity contribution in [1.82, 2.24) is 0 Å². The minimum Gasteiger partial charge on any atom is -0.468 e. The molecule has 0 amide bonds. The summed E-state index contributed by atoms with van der Waals surface area (Å²) in [6, 6.07) is 15.8. The number of allylic oxidation sites excluding steroid dienone is 1. The monoisotopic (exact) mass is 547 g/mol. The van der Waals surface area contributed by atoms with E-state index in [0.29, 0.717) is 27.6 Å². The first-order chi connectivity index (χ1) is 17.6. The molecule has 0 aliphatic carbocycles. The molecule has 8 nitrogen and oxygen atoms in total. The summed E-state index contributed by atoms with van der Waals surface area (Å²) in [6.07, 6.45) is 0.583. The van der Waals surface area contributed by atoms with Crippen LogP contribution in [0, 0.1) is 5.92 Å². The summed E-state index contributed by atoms with van der Waals surface area (Å²) in [6.45, 7) is 3.50. The summed E-state index contributed by atoms with van der Waals surface area (Å²) < 4.78 is 39.8. The van der Waals surface area contributed by atoms with Gasteiger partial charge in [-0.15, -0.1) is 0 Å². The van der Waals surface area contributed by atoms with Crippen molar-refractivity contribution >= 4 is 39.4 Å². The summed E-state index contributed by atoms with van der Waals surface area (Å²) >= 11 is 6.27. The summed E-state index contributed by atoms with van der Waals surface area (Å²) in [4.78, 5) is 30.8. The number of methoxy groups -OCH3 is 1. The first kappa shape index (κ1) is 28.6. The number of hydrogen-bond acceptors (Lipinski definition) is 8. The number of benzene rings is 2. The van der Waals surface area contributed by atoms with Crippen LogP contribution in [0.4, 0.5) is 0 Å². The van der Waals surface area contributed by atoms with Gasteiger partial charge in [-0.2, -0.15) is 8.42 Å². The molecule has 1 aliphatic rings. The van der Waals surface area contributed by atoms with Crippen LogP contribution in [-0.2, 0) is 33.4 Å². The van der Waals surface area contributed by atoms with Gasteiger partial charge in [0.05, 0.1) is 31.2 Å². The average Bonchev–Trinajstić information content (AvgIpc) is 2.85. The predicted molar refractivity (Wildman–Crippen MR) is 141 cm³/mol. The maximum atomic E-state index is 13.3. The number of nitrogens with zero attached hydrogens (tertiary/aromatic N) is 1. The second-order valence-electron chi connectivity index (χ2n) is 8.61. The van der Waals surface area contributed by atoms with Crippen LogP contribution in [0.1, 0.15) is 49.8 Å². The number of aliphatic imine (C=N–C) groups is 1. The third-order valence-electron chi connectivity index (χ3n) is 5.98. The molecular weight excluding hydrogens is 518 g/mol. The number of carbonyl (C=O) groups is 2. The quantitative estimate of drug-likeness (QED) is 0.304. The molecule has 198 valence electrons. The van der Waals surface area contributed by atoms with Crippen molar-refractivity contribution in [3.8, 4) is 0 Å². The molecule has 0 saturated carbocycles. The van der Waals surface area contributed by atoms with Crippen LogP contribution < -0.4 is 0 Å². The smallest absolute Gasteiger partial charge is 0.336 e. The van der Waals surface area contributed by atoms with Crippen LogP contribution >= 0.6 is 11.6 Å². The number of carbonyl (C=O) groups excluding carboxylic acids is 2. The van der Waals surface area contributed by atoms with Crippen LogP contribution in [0.2, 0.25) is 5.02 Å². The lowest BCUT2D eigenvalue weighted by Crippen LogP contribution is -2.36. The van der Waals surface area contributed by atoms with E-state index in [-0.39, 0.29) is 25.0 Å². The fraction of sp³-hybridized carbons (Fsp3) is 0.370. The highest BCUT2D eigenvalue weighted by Crippen LogP contribution is 2.42. The molecule has 10 heteroatoms. The first-order valence-corrected chi connectivity index (χ1v) is 14.0. The largest absolute Gasteiger partial charge is 0.468 e. The molecule has 3 unspecified atom stereocenters. The van der Waals surface area contributed by atoms with Crippen molar-refractivity contribution in [3.05, 3.63) is 82.0 Å². The Morgan fingerprint density at radius 2 is 1.81 bits per heavy atom. The van der Waals surface area contributed by atoms with Gasteiger partial charge in [-0.05, 0) is 49.9 Å². The Morgan fingerprint density at radius 1 is 1.11 bits per heavy atom. The van der Waals surface area contributed by atoms with E-state index in [1.165, 1.54) is 7.11 Å². The molecule has 0 saturated heterocycles. The summed E-state index contributed by atoms with van der Waals surface area (Å²) in [5, 5.41) is 0.441. The minimum atomic E-state index is -3.77. The van der Waals surface area contributed by atoms with Gasteiger partial charge in [-0.25, -0.2) is 4.79 Å². The molecule has 0 aromatic heterocycles. The summed E-state index contributed by atoms with van der Waals surface area (Å²) in [5.41, 5.74) is 2.35. The zero-order chi connectivity index (χ0) is 27.2. The number of hydrogen-bond donors (Lipinski definition) is 0. The van der Waals surface area contributed by atoms with Crippen molar-refractivity contribution in [2.75, 3.05) is 20.0 Å². The molecule has 37 heavy (non-hydrogen) atoms. The van der Waals surface area contributed by atoms with Crippen molar-refractivity contribution in [1.29, 1.82) is 0 Å². The van der Waals surface area contributed by atoms with Gasteiger partial charge < -0.3 is 9.47 Å². The number of halogens is 1. The second kappa shape index (κ2) is 12.5. The summed E-state index contributed by atoms with van der Waals surface area (Å²) in [7, 11) is -2.50. The van der Waals surface area contributed by atoms with Crippen molar-refractivity contribution in [2.45, 2.75) is 38.7 Å². The molecule has 0 radical (unpaired) electrons. The van der Waals surface area contributed by atoms with Gasteiger partial charge in [-0.1, -0.05) is 54.1 Å². The Morgan fingerprint density at radius 3 is 2.41 bits per heavy atom. The lowest BCUT2D eigenvalue weighted by atomic mass is 9.75. The molecule has 2 aromatic rings. The van der Waals surface area contributed by atoms with Crippen molar-refractivity contribution < 1.29 is 31.7 Å². The maximum absolute atomic E-state index is 13.3. The van der Waals surface area contributed by atoms with Gasteiger partial charge in [0.1, 0.15) is 12.0 Å². The third-order valence-corrected chi connectivity index (χ3v) is 6.80. The van der Waals surface area contributed by atoms with E-state index in [2.05, 4.69) is 4.99 Å². The standard InChI is InChI=1S/C27H30ClNO7S/c1-5-35-27(31)25-21(14-15-22(36-37(4,32)33)18-10-7-6-8-11-18)29-17(2)23(26(30)34-3)24(25)19-12-9-13-20(28)16-19/h6-13,16,22-24H,5,14-15H2,1-4H3. The third kappa shape index (κ3) is 7.28.